The minimum absolute atomic E-state index is 0.174. The largest absolute Gasteiger partial charge is 0.348 e. The van der Waals surface area contributed by atoms with Gasteiger partial charge < -0.3 is 5.32 Å². The van der Waals surface area contributed by atoms with E-state index < -0.39 is 0 Å². The van der Waals surface area contributed by atoms with Crippen LogP contribution in [0.2, 0.25) is 0 Å². The van der Waals surface area contributed by atoms with Crippen LogP contribution in [-0.4, -0.2) is 5.91 Å². The molecule has 0 heterocycles. The van der Waals surface area contributed by atoms with Crippen molar-refractivity contribution in [1.82, 2.24) is 5.32 Å². The van der Waals surface area contributed by atoms with Gasteiger partial charge in [0.25, 0.3) is 5.91 Å². The lowest BCUT2D eigenvalue weighted by atomic mass is 10.2. The number of nitrogens with one attached hydrogen (secondary N) is 1. The zero-order valence-corrected chi connectivity index (χ0v) is 11.1. The van der Waals surface area contributed by atoms with E-state index in [0.717, 1.165) is 10.0 Å². The van der Waals surface area contributed by atoms with E-state index in [1.165, 1.54) is 12.1 Å². The van der Waals surface area contributed by atoms with Gasteiger partial charge in [-0.2, -0.15) is 0 Å². The molecule has 0 radical (unpaired) electrons. The zero-order chi connectivity index (χ0) is 13.0. The molecule has 2 rings (SSSR count). The number of halogens is 2. The minimum Gasteiger partial charge on any atom is -0.348 e. The second-order valence-electron chi connectivity index (χ2n) is 3.82. The maximum atomic E-state index is 12.9. The average molecular weight is 308 g/mol. The van der Waals surface area contributed by atoms with Crippen molar-refractivity contribution < 1.29 is 9.18 Å². The summed E-state index contributed by atoms with van der Waals surface area (Å²) in [4.78, 5) is 11.8. The van der Waals surface area contributed by atoms with Gasteiger partial charge in [-0.25, -0.2) is 4.39 Å². The van der Waals surface area contributed by atoms with E-state index >= 15 is 0 Å². The van der Waals surface area contributed by atoms with Crippen molar-refractivity contribution >= 4 is 21.8 Å². The van der Waals surface area contributed by atoms with Crippen LogP contribution in [0.5, 0.6) is 0 Å². The summed E-state index contributed by atoms with van der Waals surface area (Å²) in [5.74, 6) is -0.475. The first-order valence-corrected chi connectivity index (χ1v) is 6.22. The predicted octanol–water partition coefficient (Wildman–Crippen LogP) is 3.52. The van der Waals surface area contributed by atoms with Crippen molar-refractivity contribution in [2.75, 3.05) is 0 Å². The van der Waals surface area contributed by atoms with Crippen LogP contribution in [0.1, 0.15) is 15.9 Å². The maximum Gasteiger partial charge on any atom is 0.251 e. The van der Waals surface area contributed by atoms with Crippen LogP contribution >= 0.6 is 15.9 Å². The third-order valence-electron chi connectivity index (χ3n) is 2.45. The molecule has 0 spiro atoms. The molecule has 2 aromatic rings. The van der Waals surface area contributed by atoms with Gasteiger partial charge in [-0.3, -0.25) is 4.79 Å². The number of amides is 1. The zero-order valence-electron chi connectivity index (χ0n) is 9.49. The molecule has 0 fully saturated rings. The van der Waals surface area contributed by atoms with Crippen molar-refractivity contribution in [3.05, 3.63) is 69.9 Å². The fourth-order valence-corrected chi connectivity index (χ4v) is 1.80. The summed E-state index contributed by atoms with van der Waals surface area (Å²) in [7, 11) is 0. The summed E-state index contributed by atoms with van der Waals surface area (Å²) in [6.45, 7) is 0.312. The molecule has 0 atom stereocenters. The molecule has 0 unspecified atom stereocenters. The second-order valence-corrected chi connectivity index (χ2v) is 4.74. The SMILES string of the molecule is O=C(NCc1cccc(F)c1)c1ccc(Br)cc1. The van der Waals surface area contributed by atoms with Gasteiger partial charge in [0.05, 0.1) is 0 Å². The molecule has 92 valence electrons. The Hall–Kier alpha value is -1.68. The lowest BCUT2D eigenvalue weighted by Gasteiger charge is -2.05. The highest BCUT2D eigenvalue weighted by Gasteiger charge is 2.04. The molecule has 1 amide bonds. The van der Waals surface area contributed by atoms with E-state index in [0.29, 0.717) is 12.1 Å². The number of hydrogen-bond acceptors (Lipinski definition) is 1. The summed E-state index contributed by atoms with van der Waals surface area (Å²) in [5, 5.41) is 2.74. The summed E-state index contributed by atoms with van der Waals surface area (Å²) >= 11 is 3.30. The average Bonchev–Trinajstić information content (AvgIpc) is 2.37. The standard InChI is InChI=1S/C14H11BrFNO/c15-12-6-4-11(5-7-12)14(18)17-9-10-2-1-3-13(16)8-10/h1-8H,9H2,(H,17,18). The van der Waals surface area contributed by atoms with E-state index in [9.17, 15) is 9.18 Å². The highest BCUT2D eigenvalue weighted by molar-refractivity contribution is 9.10. The molecule has 1 N–H and O–H groups in total. The number of hydrogen-bond donors (Lipinski definition) is 1. The molecule has 0 aliphatic rings. The molecule has 0 aromatic heterocycles. The molecule has 0 saturated carbocycles. The molecule has 0 aliphatic carbocycles. The van der Waals surface area contributed by atoms with Crippen LogP contribution in [0.15, 0.2) is 53.0 Å². The Labute approximate surface area is 113 Å². The summed E-state index contributed by atoms with van der Waals surface area (Å²) < 4.78 is 13.9. The van der Waals surface area contributed by atoms with Gasteiger partial charge in [-0.1, -0.05) is 28.1 Å². The van der Waals surface area contributed by atoms with Gasteiger partial charge in [0.1, 0.15) is 5.82 Å². The molecule has 0 saturated heterocycles. The highest BCUT2D eigenvalue weighted by atomic mass is 79.9. The summed E-state index contributed by atoms with van der Waals surface area (Å²) in [6.07, 6.45) is 0. The van der Waals surface area contributed by atoms with Crippen LogP contribution < -0.4 is 5.32 Å². The number of rotatable bonds is 3. The molecule has 4 heteroatoms. The molecule has 18 heavy (non-hydrogen) atoms. The first kappa shape index (κ1) is 12.8. The van der Waals surface area contributed by atoms with Crippen molar-refractivity contribution in [1.29, 1.82) is 0 Å². The number of benzene rings is 2. The maximum absolute atomic E-state index is 12.9. The van der Waals surface area contributed by atoms with Crippen LogP contribution in [0.25, 0.3) is 0 Å². The fraction of sp³-hybridized carbons (Fsp3) is 0.0714. The van der Waals surface area contributed by atoms with Gasteiger partial charge in [0.15, 0.2) is 0 Å². The summed E-state index contributed by atoms with van der Waals surface area (Å²) in [5.41, 5.74) is 1.31. The fourth-order valence-electron chi connectivity index (χ4n) is 1.53. The lowest BCUT2D eigenvalue weighted by molar-refractivity contribution is 0.0951. The molecule has 2 nitrogen and oxygen atoms in total. The molecule has 0 bridgehead atoms. The summed E-state index contributed by atoms with van der Waals surface area (Å²) in [6, 6.07) is 13.2. The number of carbonyl (C=O) groups is 1. The van der Waals surface area contributed by atoms with Gasteiger partial charge in [0.2, 0.25) is 0 Å². The molecular formula is C14H11BrFNO. The van der Waals surface area contributed by atoms with E-state index in [2.05, 4.69) is 21.2 Å². The van der Waals surface area contributed by atoms with Crippen LogP contribution in [0.3, 0.4) is 0 Å². The van der Waals surface area contributed by atoms with Crippen LogP contribution in [-0.2, 0) is 6.54 Å². The van der Waals surface area contributed by atoms with Crippen LogP contribution in [0, 0.1) is 5.82 Å². The van der Waals surface area contributed by atoms with E-state index in [1.54, 1.807) is 36.4 Å². The number of carbonyl (C=O) groups excluding carboxylic acids is 1. The van der Waals surface area contributed by atoms with E-state index in [4.69, 9.17) is 0 Å². The molecule has 2 aromatic carbocycles. The minimum atomic E-state index is -0.301. The Bertz CT molecular complexity index is 554. The van der Waals surface area contributed by atoms with E-state index in [1.807, 2.05) is 0 Å². The van der Waals surface area contributed by atoms with Gasteiger partial charge in [-0.15, -0.1) is 0 Å². The van der Waals surface area contributed by atoms with Crippen molar-refractivity contribution in [3.63, 3.8) is 0 Å². The van der Waals surface area contributed by atoms with Crippen molar-refractivity contribution in [3.8, 4) is 0 Å². The molecular weight excluding hydrogens is 297 g/mol. The first-order valence-electron chi connectivity index (χ1n) is 5.43. The third-order valence-corrected chi connectivity index (χ3v) is 2.98. The second kappa shape index (κ2) is 5.78. The van der Waals surface area contributed by atoms with Crippen molar-refractivity contribution in [2.24, 2.45) is 0 Å². The Morgan fingerprint density at radius 2 is 1.89 bits per heavy atom. The normalized spacial score (nSPS) is 10.1. The van der Waals surface area contributed by atoms with Gasteiger partial charge in [0, 0.05) is 16.6 Å². The third kappa shape index (κ3) is 3.40. The quantitative estimate of drug-likeness (QED) is 0.923. The van der Waals surface area contributed by atoms with Crippen LogP contribution in [0.4, 0.5) is 4.39 Å². The Kier molecular flexibility index (Phi) is 4.10. The highest BCUT2D eigenvalue weighted by Crippen LogP contribution is 2.10. The van der Waals surface area contributed by atoms with Gasteiger partial charge >= 0.3 is 0 Å². The smallest absolute Gasteiger partial charge is 0.251 e. The van der Waals surface area contributed by atoms with E-state index in [-0.39, 0.29) is 11.7 Å². The Morgan fingerprint density at radius 3 is 2.56 bits per heavy atom. The van der Waals surface area contributed by atoms with Gasteiger partial charge in [-0.05, 0) is 42.0 Å². The topological polar surface area (TPSA) is 29.1 Å². The Balaban J connectivity index is 1.98. The first-order chi connectivity index (χ1) is 8.65. The Morgan fingerprint density at radius 1 is 1.17 bits per heavy atom. The monoisotopic (exact) mass is 307 g/mol. The predicted molar refractivity (Wildman–Crippen MR) is 71.7 cm³/mol. The van der Waals surface area contributed by atoms with Crippen molar-refractivity contribution in [2.45, 2.75) is 6.54 Å². The molecule has 0 aliphatic heterocycles. The lowest BCUT2D eigenvalue weighted by Crippen LogP contribution is -2.22.